The Bertz CT molecular complexity index is 1240. The molecule has 1 amide bonds. The zero-order valence-electron chi connectivity index (χ0n) is 19.0. The predicted molar refractivity (Wildman–Crippen MR) is 129 cm³/mol. The zero-order valence-corrected chi connectivity index (χ0v) is 19.0. The molecule has 0 spiro atoms. The molecule has 0 atom stereocenters. The Morgan fingerprint density at radius 2 is 1.67 bits per heavy atom. The lowest BCUT2D eigenvalue weighted by Gasteiger charge is -2.17. The van der Waals surface area contributed by atoms with Crippen LogP contribution >= 0.6 is 0 Å². The van der Waals surface area contributed by atoms with Crippen molar-refractivity contribution in [3.63, 3.8) is 0 Å². The number of ether oxygens (including phenoxy) is 1. The van der Waals surface area contributed by atoms with Crippen LogP contribution in [0.15, 0.2) is 66.7 Å². The van der Waals surface area contributed by atoms with E-state index in [1.54, 1.807) is 24.3 Å². The van der Waals surface area contributed by atoms with E-state index in [2.05, 4.69) is 30.8 Å². The number of nitrogens with zero attached hydrogens (tertiary/aromatic N) is 3. The normalized spacial score (nSPS) is 11.2. The van der Waals surface area contributed by atoms with Crippen LogP contribution in [-0.2, 0) is 4.79 Å². The highest BCUT2D eigenvalue weighted by Crippen LogP contribution is 2.27. The average molecular weight is 443 g/mol. The van der Waals surface area contributed by atoms with E-state index < -0.39 is 5.41 Å². The van der Waals surface area contributed by atoms with Gasteiger partial charge in [0, 0.05) is 34.5 Å². The minimum Gasteiger partial charge on any atom is -0.424 e. The summed E-state index contributed by atoms with van der Waals surface area (Å²) in [6, 6.07) is 20.8. The summed E-state index contributed by atoms with van der Waals surface area (Å²) in [5, 5.41) is 13.2. The van der Waals surface area contributed by atoms with Gasteiger partial charge in [-0.15, -0.1) is 0 Å². The lowest BCUT2D eigenvalue weighted by molar-refractivity contribution is -0.123. The van der Waals surface area contributed by atoms with E-state index >= 15 is 0 Å². The molecule has 168 valence electrons. The number of hydrogen-bond donors (Lipinski definition) is 3. The van der Waals surface area contributed by atoms with Gasteiger partial charge in [-0.25, -0.2) is 0 Å². The molecular weight excluding hydrogens is 416 g/mol. The maximum atomic E-state index is 12.2. The lowest BCUT2D eigenvalue weighted by atomic mass is 9.95. The smallest absolute Gasteiger partial charge is 0.324 e. The van der Waals surface area contributed by atoms with E-state index in [-0.39, 0.29) is 11.9 Å². The van der Waals surface area contributed by atoms with Gasteiger partial charge in [0.15, 0.2) is 5.82 Å². The summed E-state index contributed by atoms with van der Waals surface area (Å²) >= 11 is 0. The topological polar surface area (TPSA) is 105 Å². The minimum absolute atomic E-state index is 0.0561. The maximum absolute atomic E-state index is 12.2. The largest absolute Gasteiger partial charge is 0.424 e. The maximum Gasteiger partial charge on any atom is 0.324 e. The molecule has 8 heteroatoms. The summed E-state index contributed by atoms with van der Waals surface area (Å²) < 4.78 is 5.95. The van der Waals surface area contributed by atoms with Gasteiger partial charge in [-0.05, 0) is 31.2 Å². The molecule has 33 heavy (non-hydrogen) atoms. The Labute approximate surface area is 192 Å². The summed E-state index contributed by atoms with van der Waals surface area (Å²) in [6.45, 7) is 7.53. The molecule has 0 unspecified atom stereocenters. The highest BCUT2D eigenvalue weighted by atomic mass is 16.5. The number of H-pyrrole nitrogens is 1. The predicted octanol–water partition coefficient (Wildman–Crippen LogP) is 5.70. The number of aryl methyl sites for hydroxylation is 1. The van der Waals surface area contributed by atoms with Crippen molar-refractivity contribution >= 4 is 23.2 Å². The molecule has 0 aliphatic rings. The third-order valence-corrected chi connectivity index (χ3v) is 4.74. The SMILES string of the molecule is Cc1cc(Nc2cc(-c3ccccc3)nc(Oc3ccc(NC(=O)C(C)(C)C)cc3)n2)n[nH]1. The van der Waals surface area contributed by atoms with Crippen molar-refractivity contribution < 1.29 is 9.53 Å². The fraction of sp³-hybridized carbons (Fsp3) is 0.200. The minimum atomic E-state index is -0.475. The van der Waals surface area contributed by atoms with Crippen LogP contribution in [0.1, 0.15) is 26.5 Å². The second-order valence-corrected chi connectivity index (χ2v) is 8.68. The number of rotatable bonds is 6. The first-order valence-corrected chi connectivity index (χ1v) is 10.6. The number of amides is 1. The second-order valence-electron chi connectivity index (χ2n) is 8.68. The summed E-state index contributed by atoms with van der Waals surface area (Å²) in [6.07, 6.45) is 0. The molecular formula is C25H26N6O2. The van der Waals surface area contributed by atoms with Crippen LogP contribution in [0.2, 0.25) is 0 Å². The van der Waals surface area contributed by atoms with E-state index in [4.69, 9.17) is 4.74 Å². The number of benzene rings is 2. The standard InChI is InChI=1S/C25H26N6O2/c1-16-14-22(31-30-16)28-21-15-20(17-8-6-5-7-9-17)27-24(29-21)33-19-12-10-18(11-13-19)26-23(32)25(2,3)4/h5-15H,1-4H3,(H,26,32)(H2,27,28,29,30,31). The van der Waals surface area contributed by atoms with E-state index in [0.29, 0.717) is 28.8 Å². The first-order valence-electron chi connectivity index (χ1n) is 10.6. The molecule has 0 bridgehead atoms. The summed E-state index contributed by atoms with van der Waals surface area (Å²) in [5.74, 6) is 1.70. The van der Waals surface area contributed by atoms with Crippen molar-refractivity contribution in [3.8, 4) is 23.0 Å². The van der Waals surface area contributed by atoms with E-state index in [1.165, 1.54) is 0 Å². The van der Waals surface area contributed by atoms with Crippen molar-refractivity contribution in [1.82, 2.24) is 20.2 Å². The van der Waals surface area contributed by atoms with E-state index in [9.17, 15) is 4.79 Å². The molecule has 2 aromatic carbocycles. The van der Waals surface area contributed by atoms with Crippen LogP contribution in [0.5, 0.6) is 11.8 Å². The van der Waals surface area contributed by atoms with Gasteiger partial charge in [0.25, 0.3) is 0 Å². The Balaban J connectivity index is 1.58. The lowest BCUT2D eigenvalue weighted by Crippen LogP contribution is -2.27. The molecule has 0 fully saturated rings. The number of carbonyl (C=O) groups is 1. The van der Waals surface area contributed by atoms with Gasteiger partial charge >= 0.3 is 6.01 Å². The third-order valence-electron chi connectivity index (χ3n) is 4.74. The van der Waals surface area contributed by atoms with Gasteiger partial charge in [-0.2, -0.15) is 15.1 Å². The van der Waals surface area contributed by atoms with Crippen LogP contribution < -0.4 is 15.4 Å². The molecule has 0 radical (unpaired) electrons. The highest BCUT2D eigenvalue weighted by molar-refractivity contribution is 5.94. The summed E-state index contributed by atoms with van der Waals surface area (Å²) in [7, 11) is 0. The third kappa shape index (κ3) is 5.74. The van der Waals surface area contributed by atoms with E-state index in [1.807, 2.05) is 70.2 Å². The van der Waals surface area contributed by atoms with Crippen LogP contribution in [0.4, 0.5) is 17.3 Å². The van der Waals surface area contributed by atoms with Gasteiger partial charge < -0.3 is 15.4 Å². The van der Waals surface area contributed by atoms with Crippen molar-refractivity contribution in [1.29, 1.82) is 0 Å². The Morgan fingerprint density at radius 3 is 2.30 bits per heavy atom. The van der Waals surface area contributed by atoms with Crippen molar-refractivity contribution in [3.05, 3.63) is 72.4 Å². The molecule has 8 nitrogen and oxygen atoms in total. The molecule has 0 aliphatic heterocycles. The first-order chi connectivity index (χ1) is 15.8. The van der Waals surface area contributed by atoms with Crippen molar-refractivity contribution in [2.24, 2.45) is 5.41 Å². The van der Waals surface area contributed by atoms with Gasteiger partial charge in [0.05, 0.1) is 5.69 Å². The number of aromatic nitrogens is 4. The monoisotopic (exact) mass is 442 g/mol. The summed E-state index contributed by atoms with van der Waals surface area (Å²) in [5.41, 5.74) is 2.80. The Morgan fingerprint density at radius 1 is 0.939 bits per heavy atom. The molecule has 0 aliphatic carbocycles. The number of aromatic amines is 1. The fourth-order valence-electron chi connectivity index (χ4n) is 2.94. The van der Waals surface area contributed by atoms with Gasteiger partial charge in [-0.3, -0.25) is 9.89 Å². The molecule has 4 rings (SSSR count). The van der Waals surface area contributed by atoms with Crippen LogP contribution in [0.25, 0.3) is 11.3 Å². The quantitative estimate of drug-likeness (QED) is 0.354. The van der Waals surface area contributed by atoms with Crippen molar-refractivity contribution in [2.75, 3.05) is 10.6 Å². The molecule has 0 saturated heterocycles. The highest BCUT2D eigenvalue weighted by Gasteiger charge is 2.21. The van der Waals surface area contributed by atoms with Gasteiger partial charge in [-0.1, -0.05) is 51.1 Å². The number of anilines is 3. The second kappa shape index (κ2) is 9.12. The fourth-order valence-corrected chi connectivity index (χ4v) is 2.94. The average Bonchev–Trinajstić information content (AvgIpc) is 3.19. The molecule has 2 heterocycles. The summed E-state index contributed by atoms with van der Waals surface area (Å²) in [4.78, 5) is 21.3. The Kier molecular flexibility index (Phi) is 6.08. The van der Waals surface area contributed by atoms with Crippen LogP contribution in [-0.4, -0.2) is 26.1 Å². The molecule has 3 N–H and O–H groups in total. The van der Waals surface area contributed by atoms with E-state index in [0.717, 1.165) is 11.3 Å². The molecule has 0 saturated carbocycles. The molecule has 2 aromatic heterocycles. The first kappa shape index (κ1) is 22.0. The van der Waals surface area contributed by atoms with Crippen LogP contribution in [0, 0.1) is 12.3 Å². The van der Waals surface area contributed by atoms with Crippen LogP contribution in [0.3, 0.4) is 0 Å². The zero-order chi connectivity index (χ0) is 23.4. The van der Waals surface area contributed by atoms with Crippen molar-refractivity contribution in [2.45, 2.75) is 27.7 Å². The number of hydrogen-bond acceptors (Lipinski definition) is 6. The Hall–Kier alpha value is -4.20. The number of carbonyl (C=O) groups excluding carboxylic acids is 1. The molecule has 4 aromatic rings. The number of nitrogens with one attached hydrogen (secondary N) is 3. The van der Waals surface area contributed by atoms with Gasteiger partial charge in [0.1, 0.15) is 11.6 Å². The van der Waals surface area contributed by atoms with Gasteiger partial charge in [0.2, 0.25) is 5.91 Å².